The van der Waals surface area contributed by atoms with Gasteiger partial charge in [0.2, 0.25) is 0 Å². The van der Waals surface area contributed by atoms with Crippen molar-refractivity contribution in [2.75, 3.05) is 7.05 Å². The molecular formula is C12H14N2. The lowest BCUT2D eigenvalue weighted by atomic mass is 10.1. The molecule has 2 nitrogen and oxygen atoms in total. The zero-order valence-corrected chi connectivity index (χ0v) is 8.49. The van der Waals surface area contributed by atoms with E-state index in [0.717, 1.165) is 5.69 Å². The van der Waals surface area contributed by atoms with E-state index in [0.29, 0.717) is 6.04 Å². The molecule has 0 saturated carbocycles. The van der Waals surface area contributed by atoms with Gasteiger partial charge in [0.25, 0.3) is 0 Å². The number of pyridine rings is 1. The van der Waals surface area contributed by atoms with Gasteiger partial charge in [-0.1, -0.05) is 24.3 Å². The van der Waals surface area contributed by atoms with Gasteiger partial charge in [0.05, 0.1) is 5.69 Å². The van der Waals surface area contributed by atoms with Gasteiger partial charge in [-0.3, -0.25) is 4.98 Å². The maximum Gasteiger partial charge on any atom is 0.0648 e. The van der Waals surface area contributed by atoms with Gasteiger partial charge in [-0.2, -0.15) is 0 Å². The molecule has 72 valence electrons. The fraction of sp³-hybridized carbons (Fsp3) is 0.250. The summed E-state index contributed by atoms with van der Waals surface area (Å²) in [6.07, 6.45) is 1.87. The Balaban J connectivity index is 2.65. The van der Waals surface area contributed by atoms with Gasteiger partial charge in [0.15, 0.2) is 0 Å². The molecule has 1 aromatic carbocycles. The first-order valence-electron chi connectivity index (χ1n) is 4.84. The van der Waals surface area contributed by atoms with Crippen molar-refractivity contribution in [3.8, 4) is 0 Å². The third-order valence-electron chi connectivity index (χ3n) is 2.55. The van der Waals surface area contributed by atoms with E-state index >= 15 is 0 Å². The van der Waals surface area contributed by atoms with Crippen LogP contribution in [0.5, 0.6) is 0 Å². The van der Waals surface area contributed by atoms with Crippen LogP contribution in [-0.2, 0) is 0 Å². The quantitative estimate of drug-likeness (QED) is 0.779. The Labute approximate surface area is 84.0 Å². The van der Waals surface area contributed by atoms with Crippen LogP contribution in [0, 0.1) is 0 Å². The summed E-state index contributed by atoms with van der Waals surface area (Å²) < 4.78 is 0. The SMILES string of the molecule is CNC(C)c1nccc2ccccc12. The summed E-state index contributed by atoms with van der Waals surface area (Å²) in [5.74, 6) is 0. The molecule has 14 heavy (non-hydrogen) atoms. The van der Waals surface area contributed by atoms with Crippen LogP contribution in [0.3, 0.4) is 0 Å². The van der Waals surface area contributed by atoms with E-state index in [1.165, 1.54) is 10.8 Å². The average molecular weight is 186 g/mol. The predicted molar refractivity (Wildman–Crippen MR) is 59.2 cm³/mol. The number of fused-ring (bicyclic) bond motifs is 1. The summed E-state index contributed by atoms with van der Waals surface area (Å²) in [5.41, 5.74) is 1.12. The highest BCUT2D eigenvalue weighted by Crippen LogP contribution is 2.20. The van der Waals surface area contributed by atoms with Gasteiger partial charge >= 0.3 is 0 Å². The first kappa shape index (κ1) is 9.16. The third-order valence-corrected chi connectivity index (χ3v) is 2.55. The minimum atomic E-state index is 0.293. The summed E-state index contributed by atoms with van der Waals surface area (Å²) in [4.78, 5) is 4.42. The molecule has 1 heterocycles. The molecule has 0 spiro atoms. The van der Waals surface area contributed by atoms with Gasteiger partial charge < -0.3 is 5.32 Å². The van der Waals surface area contributed by atoms with Gasteiger partial charge in [-0.25, -0.2) is 0 Å². The molecule has 2 aromatic rings. The maximum atomic E-state index is 4.42. The fourth-order valence-corrected chi connectivity index (χ4v) is 1.62. The molecule has 0 aliphatic rings. The van der Waals surface area contributed by atoms with Crippen LogP contribution in [0.2, 0.25) is 0 Å². The third kappa shape index (κ3) is 1.49. The molecule has 1 atom stereocenters. The first-order valence-corrected chi connectivity index (χ1v) is 4.84. The van der Waals surface area contributed by atoms with Gasteiger partial charge in [-0.05, 0) is 25.4 Å². The second kappa shape index (κ2) is 3.76. The monoisotopic (exact) mass is 186 g/mol. The van der Waals surface area contributed by atoms with Crippen LogP contribution >= 0.6 is 0 Å². The van der Waals surface area contributed by atoms with E-state index < -0.39 is 0 Å². The summed E-state index contributed by atoms with van der Waals surface area (Å²) in [6, 6.07) is 10.7. The lowest BCUT2D eigenvalue weighted by Gasteiger charge is -2.11. The fourth-order valence-electron chi connectivity index (χ4n) is 1.62. The molecule has 0 saturated heterocycles. The second-order valence-electron chi connectivity index (χ2n) is 3.43. The van der Waals surface area contributed by atoms with Crippen molar-refractivity contribution in [3.05, 3.63) is 42.2 Å². The summed E-state index contributed by atoms with van der Waals surface area (Å²) in [5, 5.41) is 5.69. The largest absolute Gasteiger partial charge is 0.312 e. The minimum absolute atomic E-state index is 0.293. The van der Waals surface area contributed by atoms with E-state index in [9.17, 15) is 0 Å². The molecular weight excluding hydrogens is 172 g/mol. The molecule has 0 aliphatic carbocycles. The van der Waals surface area contributed by atoms with Crippen molar-refractivity contribution in [1.82, 2.24) is 10.3 Å². The number of nitrogens with one attached hydrogen (secondary N) is 1. The summed E-state index contributed by atoms with van der Waals surface area (Å²) >= 11 is 0. The van der Waals surface area contributed by atoms with Gasteiger partial charge in [0, 0.05) is 17.6 Å². The predicted octanol–water partition coefficient (Wildman–Crippen LogP) is 2.52. The van der Waals surface area contributed by atoms with Gasteiger partial charge in [-0.15, -0.1) is 0 Å². The smallest absolute Gasteiger partial charge is 0.0648 e. The van der Waals surface area contributed by atoms with Crippen molar-refractivity contribution in [1.29, 1.82) is 0 Å². The molecule has 2 heteroatoms. The van der Waals surface area contributed by atoms with E-state index in [-0.39, 0.29) is 0 Å². The Bertz CT molecular complexity index is 432. The Morgan fingerprint density at radius 2 is 2.00 bits per heavy atom. The van der Waals surface area contributed by atoms with E-state index in [2.05, 4.69) is 41.5 Å². The minimum Gasteiger partial charge on any atom is -0.312 e. The van der Waals surface area contributed by atoms with E-state index in [4.69, 9.17) is 0 Å². The highest BCUT2D eigenvalue weighted by atomic mass is 14.9. The van der Waals surface area contributed by atoms with E-state index in [1.807, 2.05) is 19.3 Å². The van der Waals surface area contributed by atoms with Crippen molar-refractivity contribution in [2.24, 2.45) is 0 Å². The normalized spacial score (nSPS) is 13.0. The zero-order valence-electron chi connectivity index (χ0n) is 8.49. The number of hydrogen-bond donors (Lipinski definition) is 1. The summed E-state index contributed by atoms with van der Waals surface area (Å²) in [6.45, 7) is 2.12. The molecule has 0 bridgehead atoms. The van der Waals surface area contributed by atoms with Gasteiger partial charge in [0.1, 0.15) is 0 Å². The number of benzene rings is 1. The molecule has 0 amide bonds. The summed E-state index contributed by atoms with van der Waals surface area (Å²) in [7, 11) is 1.95. The first-order chi connectivity index (χ1) is 6.83. The molecule has 2 rings (SSSR count). The Kier molecular flexibility index (Phi) is 2.46. The number of aromatic nitrogens is 1. The molecule has 1 unspecified atom stereocenters. The van der Waals surface area contributed by atoms with Crippen molar-refractivity contribution in [3.63, 3.8) is 0 Å². The lowest BCUT2D eigenvalue weighted by Crippen LogP contribution is -2.14. The average Bonchev–Trinajstić information content (AvgIpc) is 2.27. The number of hydrogen-bond acceptors (Lipinski definition) is 2. The molecule has 0 aliphatic heterocycles. The van der Waals surface area contributed by atoms with E-state index in [1.54, 1.807) is 0 Å². The standard InChI is InChI=1S/C12H14N2/c1-9(13-2)12-11-6-4-3-5-10(11)7-8-14-12/h3-9,13H,1-2H3. The van der Waals surface area contributed by atoms with Crippen molar-refractivity contribution < 1.29 is 0 Å². The Morgan fingerprint density at radius 1 is 1.21 bits per heavy atom. The van der Waals surface area contributed by atoms with Crippen LogP contribution in [0.4, 0.5) is 0 Å². The molecule has 0 fully saturated rings. The molecule has 1 aromatic heterocycles. The van der Waals surface area contributed by atoms with Crippen LogP contribution in [0.15, 0.2) is 36.5 Å². The second-order valence-corrected chi connectivity index (χ2v) is 3.43. The highest BCUT2D eigenvalue weighted by Gasteiger charge is 2.07. The van der Waals surface area contributed by atoms with Crippen LogP contribution in [-0.4, -0.2) is 12.0 Å². The Hall–Kier alpha value is -1.41. The number of rotatable bonds is 2. The van der Waals surface area contributed by atoms with Crippen LogP contribution < -0.4 is 5.32 Å². The topological polar surface area (TPSA) is 24.9 Å². The Morgan fingerprint density at radius 3 is 2.79 bits per heavy atom. The molecule has 1 N–H and O–H groups in total. The molecule has 0 radical (unpaired) electrons. The highest BCUT2D eigenvalue weighted by molar-refractivity contribution is 5.84. The van der Waals surface area contributed by atoms with Crippen molar-refractivity contribution in [2.45, 2.75) is 13.0 Å². The van der Waals surface area contributed by atoms with Crippen molar-refractivity contribution >= 4 is 10.8 Å². The van der Waals surface area contributed by atoms with Crippen LogP contribution in [0.25, 0.3) is 10.8 Å². The number of nitrogens with zero attached hydrogens (tertiary/aromatic N) is 1. The maximum absolute atomic E-state index is 4.42. The lowest BCUT2D eigenvalue weighted by molar-refractivity contribution is 0.639. The van der Waals surface area contributed by atoms with Crippen LogP contribution in [0.1, 0.15) is 18.7 Å². The zero-order chi connectivity index (χ0) is 9.97.